The van der Waals surface area contributed by atoms with Gasteiger partial charge in [-0.1, -0.05) is 78.3 Å². The highest BCUT2D eigenvalue weighted by molar-refractivity contribution is 6.31. The average molecular weight is 583 g/mol. The fraction of sp³-hybridized carbons (Fsp3) is 0.147. The van der Waals surface area contributed by atoms with E-state index in [9.17, 15) is 19.5 Å². The Bertz CT molecular complexity index is 1550. The normalized spacial score (nSPS) is 11.6. The van der Waals surface area contributed by atoms with Crippen LogP contribution in [0.2, 0.25) is 5.02 Å². The largest absolute Gasteiger partial charge is 0.492 e. The van der Waals surface area contributed by atoms with E-state index < -0.39 is 12.0 Å². The number of carbonyl (C=O) groups excluding carboxylic acids is 2. The number of rotatable bonds is 13. The van der Waals surface area contributed by atoms with Crippen molar-refractivity contribution in [1.29, 1.82) is 0 Å². The molecule has 0 aromatic heterocycles. The second-order valence-corrected chi connectivity index (χ2v) is 9.88. The fourth-order valence-corrected chi connectivity index (χ4v) is 4.58. The zero-order chi connectivity index (χ0) is 29.9. The molecule has 4 aromatic rings. The minimum absolute atomic E-state index is 0.182. The molecule has 0 saturated heterocycles. The van der Waals surface area contributed by atoms with Crippen molar-refractivity contribution in [2.24, 2.45) is 0 Å². The lowest BCUT2D eigenvalue weighted by Crippen LogP contribution is -2.33. The molecule has 0 aliphatic heterocycles. The number of hydrogen-bond acceptors (Lipinski definition) is 5. The first-order valence-corrected chi connectivity index (χ1v) is 13.8. The molecule has 42 heavy (non-hydrogen) atoms. The lowest BCUT2D eigenvalue weighted by Gasteiger charge is -2.22. The van der Waals surface area contributed by atoms with Crippen LogP contribution in [0.4, 0.5) is 11.4 Å². The number of amides is 1. The minimum atomic E-state index is -1.04. The molecule has 0 bridgehead atoms. The summed E-state index contributed by atoms with van der Waals surface area (Å²) in [4.78, 5) is 39.4. The number of benzene rings is 4. The Morgan fingerprint density at radius 3 is 2.33 bits per heavy atom. The summed E-state index contributed by atoms with van der Waals surface area (Å²) in [6.45, 7) is 2.32. The van der Waals surface area contributed by atoms with Gasteiger partial charge in [-0.15, -0.1) is 0 Å². The molecule has 0 aliphatic rings. The Hall–Kier alpha value is -4.88. The first-order valence-electron chi connectivity index (χ1n) is 13.5. The Morgan fingerprint density at radius 1 is 0.929 bits per heavy atom. The van der Waals surface area contributed by atoms with Crippen molar-refractivity contribution in [3.8, 4) is 5.75 Å². The van der Waals surface area contributed by atoms with Crippen LogP contribution in [-0.4, -0.2) is 42.0 Å². The molecule has 0 fully saturated rings. The maximum absolute atomic E-state index is 13.1. The van der Waals surface area contributed by atoms with Crippen molar-refractivity contribution in [1.82, 2.24) is 0 Å². The highest BCUT2D eigenvalue weighted by Gasteiger charge is 2.21. The Morgan fingerprint density at radius 2 is 1.64 bits per heavy atom. The van der Waals surface area contributed by atoms with E-state index in [1.54, 1.807) is 109 Å². The van der Waals surface area contributed by atoms with Crippen molar-refractivity contribution >= 4 is 40.6 Å². The van der Waals surface area contributed by atoms with E-state index in [1.165, 1.54) is 6.08 Å². The van der Waals surface area contributed by atoms with Gasteiger partial charge in [-0.2, -0.15) is 0 Å². The number of ether oxygens (including phenoxy) is 1. The number of anilines is 2. The van der Waals surface area contributed by atoms with Crippen LogP contribution in [0.1, 0.15) is 28.4 Å². The van der Waals surface area contributed by atoms with E-state index in [2.05, 4.69) is 5.32 Å². The third-order valence-corrected chi connectivity index (χ3v) is 6.71. The molecular formula is C34H31ClN2O5. The predicted molar refractivity (Wildman–Crippen MR) is 166 cm³/mol. The van der Waals surface area contributed by atoms with Crippen LogP contribution >= 0.6 is 11.6 Å². The summed E-state index contributed by atoms with van der Waals surface area (Å²) in [5.74, 6) is -0.824. The van der Waals surface area contributed by atoms with Crippen molar-refractivity contribution in [2.45, 2.75) is 19.4 Å². The van der Waals surface area contributed by atoms with Crippen molar-refractivity contribution in [2.75, 3.05) is 23.4 Å². The van der Waals surface area contributed by atoms with Gasteiger partial charge in [-0.25, -0.2) is 4.79 Å². The number of carboxylic acid groups (broad SMARTS) is 1. The van der Waals surface area contributed by atoms with Gasteiger partial charge >= 0.3 is 5.97 Å². The summed E-state index contributed by atoms with van der Waals surface area (Å²) in [7, 11) is 0. The van der Waals surface area contributed by atoms with Gasteiger partial charge in [0.1, 0.15) is 18.4 Å². The number of para-hydroxylation sites is 1. The second-order valence-electron chi connectivity index (χ2n) is 9.44. The van der Waals surface area contributed by atoms with Gasteiger partial charge in [-0.05, 0) is 61.0 Å². The van der Waals surface area contributed by atoms with Crippen molar-refractivity contribution in [3.05, 3.63) is 137 Å². The average Bonchev–Trinajstić information content (AvgIpc) is 3.00. The maximum atomic E-state index is 13.1. The summed E-state index contributed by atoms with van der Waals surface area (Å²) in [6.07, 6.45) is 3.35. The zero-order valence-electron chi connectivity index (χ0n) is 23.1. The number of carboxylic acids is 1. The third kappa shape index (κ3) is 8.08. The number of nitrogens with zero attached hydrogens (tertiary/aromatic N) is 1. The van der Waals surface area contributed by atoms with Gasteiger partial charge in [0.2, 0.25) is 0 Å². The van der Waals surface area contributed by atoms with Gasteiger partial charge in [0.25, 0.3) is 5.91 Å². The highest BCUT2D eigenvalue weighted by Crippen LogP contribution is 2.23. The van der Waals surface area contributed by atoms with E-state index in [0.717, 1.165) is 5.56 Å². The quantitative estimate of drug-likeness (QED) is 0.135. The fourth-order valence-electron chi connectivity index (χ4n) is 4.40. The van der Waals surface area contributed by atoms with Crippen LogP contribution in [-0.2, 0) is 16.0 Å². The van der Waals surface area contributed by atoms with E-state index in [-0.39, 0.29) is 24.7 Å². The summed E-state index contributed by atoms with van der Waals surface area (Å²) in [5, 5.41) is 13.5. The lowest BCUT2D eigenvalue weighted by molar-refractivity contribution is -0.137. The molecule has 214 valence electrons. The highest BCUT2D eigenvalue weighted by atomic mass is 35.5. The van der Waals surface area contributed by atoms with Gasteiger partial charge < -0.3 is 20.1 Å². The van der Waals surface area contributed by atoms with Crippen LogP contribution < -0.4 is 15.0 Å². The van der Waals surface area contributed by atoms with E-state index >= 15 is 0 Å². The van der Waals surface area contributed by atoms with Crippen LogP contribution in [0.25, 0.3) is 0 Å². The summed E-state index contributed by atoms with van der Waals surface area (Å²) < 4.78 is 5.88. The maximum Gasteiger partial charge on any atom is 0.326 e. The molecule has 8 heteroatoms. The van der Waals surface area contributed by atoms with Crippen LogP contribution in [0.3, 0.4) is 0 Å². The van der Waals surface area contributed by atoms with Gasteiger partial charge in [0.05, 0.1) is 6.54 Å². The van der Waals surface area contributed by atoms with Gasteiger partial charge in [0, 0.05) is 33.9 Å². The monoisotopic (exact) mass is 582 g/mol. The predicted octanol–water partition coefficient (Wildman–Crippen LogP) is 6.67. The molecule has 1 atom stereocenters. The smallest absolute Gasteiger partial charge is 0.326 e. The van der Waals surface area contributed by atoms with E-state index in [4.69, 9.17) is 16.3 Å². The van der Waals surface area contributed by atoms with Crippen LogP contribution in [0.15, 0.2) is 115 Å². The van der Waals surface area contributed by atoms with Crippen LogP contribution in [0.5, 0.6) is 5.75 Å². The van der Waals surface area contributed by atoms with Gasteiger partial charge in [0.15, 0.2) is 5.78 Å². The van der Waals surface area contributed by atoms with Gasteiger partial charge in [-0.3, -0.25) is 9.59 Å². The zero-order valence-corrected chi connectivity index (χ0v) is 23.8. The van der Waals surface area contributed by atoms with E-state index in [0.29, 0.717) is 39.8 Å². The minimum Gasteiger partial charge on any atom is -0.492 e. The molecule has 2 N–H and O–H groups in total. The third-order valence-electron chi connectivity index (χ3n) is 6.48. The van der Waals surface area contributed by atoms with Crippen LogP contribution in [0, 0.1) is 0 Å². The number of allylic oxidation sites excluding steroid dienone is 1. The number of aliphatic carboxylic acids is 1. The first kappa shape index (κ1) is 30.1. The molecule has 0 heterocycles. The SMILES string of the molecule is C/C=C/C(=O)N(CCOc1ccc(C[C@H](Nc2ccccc2C(=O)c2ccccc2)C(=O)O)cc1)c1cccc(Cl)c1. The Labute approximate surface area is 250 Å². The van der Waals surface area contributed by atoms with E-state index in [1.807, 2.05) is 12.1 Å². The number of ketones is 1. The summed E-state index contributed by atoms with van der Waals surface area (Å²) in [6, 6.07) is 29.0. The Balaban J connectivity index is 1.39. The van der Waals surface area contributed by atoms with Crippen molar-refractivity contribution in [3.63, 3.8) is 0 Å². The van der Waals surface area contributed by atoms with Crippen molar-refractivity contribution < 1.29 is 24.2 Å². The molecule has 0 saturated carbocycles. The topological polar surface area (TPSA) is 95.9 Å². The summed E-state index contributed by atoms with van der Waals surface area (Å²) in [5.41, 5.74) is 2.83. The standard InChI is InChI=1S/C34H31ClN2O5/c1-2-9-32(38)37(27-13-8-12-26(35)23-27)20-21-42-28-18-16-24(17-19-28)22-31(34(40)41)36-30-15-7-6-14-29(30)33(39)25-10-4-3-5-11-25/h2-19,23,31,36H,20-22H2,1H3,(H,40,41)/b9-2+/t31-/m0/s1. The molecule has 0 aliphatic carbocycles. The number of halogens is 1. The molecule has 4 aromatic carbocycles. The number of hydrogen-bond donors (Lipinski definition) is 2. The number of nitrogens with one attached hydrogen (secondary N) is 1. The molecule has 1 amide bonds. The number of carbonyl (C=O) groups is 3. The Kier molecular flexibility index (Phi) is 10.5. The molecule has 0 unspecified atom stereocenters. The molecule has 4 rings (SSSR count). The molecule has 0 spiro atoms. The molecule has 0 radical (unpaired) electrons. The lowest BCUT2D eigenvalue weighted by atomic mass is 10.00. The molecule has 7 nitrogen and oxygen atoms in total. The first-order chi connectivity index (χ1) is 20.4. The molecular weight excluding hydrogens is 552 g/mol. The summed E-state index contributed by atoms with van der Waals surface area (Å²) >= 11 is 6.12. The second kappa shape index (κ2) is 14.7.